The molecule has 2 bridgehead atoms. The summed E-state index contributed by atoms with van der Waals surface area (Å²) in [6, 6.07) is 14.9. The number of aliphatic hydroxyl groups is 1. The third-order valence-corrected chi connectivity index (χ3v) is 12.5. The lowest BCUT2D eigenvalue weighted by Gasteiger charge is -2.61. The van der Waals surface area contributed by atoms with Gasteiger partial charge in [0.15, 0.2) is 0 Å². The maximum absolute atomic E-state index is 13.6. The molecule has 2 aromatic rings. The molecule has 0 amide bonds. The van der Waals surface area contributed by atoms with Gasteiger partial charge in [-0.3, -0.25) is 9.59 Å². The van der Waals surface area contributed by atoms with Gasteiger partial charge in [0, 0.05) is 40.3 Å². The molecule has 8 atom stereocenters. The van der Waals surface area contributed by atoms with Gasteiger partial charge in [0.25, 0.3) is 0 Å². The molecule has 9 heteroatoms. The fourth-order valence-corrected chi connectivity index (χ4v) is 9.41. The van der Waals surface area contributed by atoms with Gasteiger partial charge in [-0.2, -0.15) is 0 Å². The molecule has 0 aliphatic heterocycles. The van der Waals surface area contributed by atoms with Gasteiger partial charge in [-0.25, -0.2) is 0 Å². The van der Waals surface area contributed by atoms with Gasteiger partial charge in [-0.15, -0.1) is 18.3 Å². The number of anilines is 1. The van der Waals surface area contributed by atoms with Crippen LogP contribution in [0.15, 0.2) is 66.1 Å². The first kappa shape index (κ1) is 32.8. The Bertz CT molecular complexity index is 1400. The Morgan fingerprint density at radius 3 is 2.64 bits per heavy atom. The van der Waals surface area contributed by atoms with Crippen molar-refractivity contribution in [2.45, 2.75) is 83.4 Å². The fourth-order valence-electron chi connectivity index (χ4n) is 8.68. The van der Waals surface area contributed by atoms with Crippen LogP contribution in [0.2, 0.25) is 0 Å². The van der Waals surface area contributed by atoms with E-state index in [0.717, 1.165) is 35.4 Å². The minimum Gasteiger partial charge on any atom is -0.461 e. The number of Topliss-reactive ketones (excluding diaryl/α,β-unsaturated/α-hetero) is 1. The highest BCUT2D eigenvalue weighted by Gasteiger charge is 2.68. The number of aliphatic hydroxyl groups excluding tert-OH is 1. The number of esters is 1. The molecule has 4 N–H and O–H groups in total. The molecule has 236 valence electrons. The first-order chi connectivity index (χ1) is 20.9. The first-order valence-electron chi connectivity index (χ1n) is 15.8. The molecular formula is C35H46BNO6S. The van der Waals surface area contributed by atoms with Crippen LogP contribution >= 0.6 is 11.8 Å². The maximum atomic E-state index is 13.6. The topological polar surface area (TPSA) is 116 Å². The lowest BCUT2D eigenvalue weighted by atomic mass is 9.44. The van der Waals surface area contributed by atoms with Crippen LogP contribution in [0.25, 0.3) is 0 Å². The average Bonchev–Trinajstić information content (AvgIpc) is 3.37. The number of benzene rings is 2. The minimum absolute atomic E-state index is 0.0657. The van der Waals surface area contributed by atoms with Crippen molar-refractivity contribution in [2.24, 2.45) is 34.0 Å². The summed E-state index contributed by atoms with van der Waals surface area (Å²) in [5.41, 5.74) is 0.580. The van der Waals surface area contributed by atoms with Crippen molar-refractivity contribution in [1.29, 1.82) is 0 Å². The van der Waals surface area contributed by atoms with Crippen LogP contribution in [-0.2, 0) is 20.9 Å². The Hall–Kier alpha value is -2.59. The molecule has 3 aliphatic carbocycles. The van der Waals surface area contributed by atoms with Crippen LogP contribution in [0, 0.1) is 34.0 Å². The average molecular weight is 620 g/mol. The number of ether oxygens (including phenoxy) is 1. The standard InChI is InChI=1S/C35H46BNO6S/c1-6-33(4)19-29(34(5)22(2)14-16-35(23(3)32(33)40)17-15-28(38)31(34)35)43-30(39)21-44-26-12-9-11-25(18-26)37-20-24-10-7-8-13-27(24)36(41)42/h6-13,18,22-23,29,31-32,37,40-42H,1,14-17,19-21H2,2-5H3/t22-,23+,29-,31+,32+,33-,34+,35+/m1/s1. The summed E-state index contributed by atoms with van der Waals surface area (Å²) in [7, 11) is -1.54. The second-order valence-corrected chi connectivity index (χ2v) is 14.9. The molecule has 3 saturated carbocycles. The molecule has 0 saturated heterocycles. The quantitative estimate of drug-likeness (QED) is 0.135. The highest BCUT2D eigenvalue weighted by atomic mass is 32.2. The monoisotopic (exact) mass is 619 g/mol. The van der Waals surface area contributed by atoms with Crippen molar-refractivity contribution in [2.75, 3.05) is 11.1 Å². The van der Waals surface area contributed by atoms with Gasteiger partial charge in [-0.1, -0.05) is 64.1 Å². The lowest BCUT2D eigenvalue weighted by molar-refractivity contribution is -0.205. The van der Waals surface area contributed by atoms with E-state index in [0.29, 0.717) is 24.8 Å². The number of hydrogen-bond donors (Lipinski definition) is 4. The number of hydrogen-bond acceptors (Lipinski definition) is 8. The fraction of sp³-hybridized carbons (Fsp3) is 0.543. The van der Waals surface area contributed by atoms with Crippen LogP contribution in [0.3, 0.4) is 0 Å². The van der Waals surface area contributed by atoms with E-state index >= 15 is 0 Å². The van der Waals surface area contributed by atoms with Crippen LogP contribution in [0.4, 0.5) is 5.69 Å². The highest BCUT2D eigenvalue weighted by molar-refractivity contribution is 8.00. The summed E-state index contributed by atoms with van der Waals surface area (Å²) < 4.78 is 6.38. The van der Waals surface area contributed by atoms with E-state index in [-0.39, 0.29) is 40.7 Å². The molecular weight excluding hydrogens is 573 g/mol. The van der Waals surface area contributed by atoms with E-state index in [1.807, 2.05) is 49.4 Å². The molecule has 0 spiro atoms. The third kappa shape index (κ3) is 5.77. The largest absolute Gasteiger partial charge is 0.488 e. The molecule has 2 aromatic carbocycles. The second kappa shape index (κ2) is 12.7. The van der Waals surface area contributed by atoms with Crippen molar-refractivity contribution in [3.05, 3.63) is 66.7 Å². The molecule has 3 aliphatic rings. The molecule has 0 unspecified atom stereocenters. The SMILES string of the molecule is C=C[C@]1(C)C[C@@H](OC(=O)CSc2cccc(NCc3ccccc3B(O)O)c2)[C@]2(C)[C@H](C)CC[C@]3(CCC(=O)[C@H]32)[C@@H](C)[C@@H]1O. The van der Waals surface area contributed by atoms with Crippen LogP contribution in [0.1, 0.15) is 65.4 Å². The van der Waals surface area contributed by atoms with E-state index in [9.17, 15) is 24.7 Å². The molecule has 7 nitrogen and oxygen atoms in total. The third-order valence-electron chi connectivity index (χ3n) is 11.6. The molecule has 0 radical (unpaired) electrons. The number of rotatable bonds is 9. The van der Waals surface area contributed by atoms with Crippen molar-refractivity contribution >= 4 is 41.8 Å². The van der Waals surface area contributed by atoms with E-state index in [1.165, 1.54) is 11.8 Å². The summed E-state index contributed by atoms with van der Waals surface area (Å²) in [5.74, 6) is -0.112. The van der Waals surface area contributed by atoms with Gasteiger partial charge in [0.05, 0.1) is 11.9 Å². The zero-order chi connectivity index (χ0) is 31.9. The molecule has 0 heterocycles. The van der Waals surface area contributed by atoms with Crippen molar-refractivity contribution in [1.82, 2.24) is 0 Å². The van der Waals surface area contributed by atoms with E-state index in [2.05, 4.69) is 32.7 Å². The Kier molecular flexibility index (Phi) is 9.44. The van der Waals surface area contributed by atoms with E-state index in [4.69, 9.17) is 4.74 Å². The molecule has 0 aromatic heterocycles. The van der Waals surface area contributed by atoms with Crippen molar-refractivity contribution in [3.63, 3.8) is 0 Å². The Morgan fingerprint density at radius 1 is 1.16 bits per heavy atom. The minimum atomic E-state index is -1.54. The molecule has 3 fully saturated rings. The van der Waals surface area contributed by atoms with Gasteiger partial charge in [0.2, 0.25) is 0 Å². The van der Waals surface area contributed by atoms with E-state index < -0.39 is 30.2 Å². The van der Waals surface area contributed by atoms with Crippen LogP contribution < -0.4 is 10.8 Å². The number of nitrogens with one attached hydrogen (secondary N) is 1. The lowest BCUT2D eigenvalue weighted by Crippen LogP contribution is -2.63. The number of ketones is 1. The van der Waals surface area contributed by atoms with Crippen molar-refractivity contribution < 1.29 is 29.5 Å². The van der Waals surface area contributed by atoms with Gasteiger partial charge >= 0.3 is 13.1 Å². The number of carbonyl (C=O) groups excluding carboxylic acids is 2. The summed E-state index contributed by atoms with van der Waals surface area (Å²) >= 11 is 1.39. The summed E-state index contributed by atoms with van der Waals surface area (Å²) in [5, 5.41) is 34.4. The first-order valence-corrected chi connectivity index (χ1v) is 16.8. The van der Waals surface area contributed by atoms with Gasteiger partial charge in [0.1, 0.15) is 11.9 Å². The van der Waals surface area contributed by atoms with Crippen LogP contribution in [0.5, 0.6) is 0 Å². The van der Waals surface area contributed by atoms with E-state index in [1.54, 1.807) is 12.1 Å². The summed E-state index contributed by atoms with van der Waals surface area (Å²) in [6.07, 6.45) is 4.15. The van der Waals surface area contributed by atoms with Crippen molar-refractivity contribution in [3.8, 4) is 0 Å². The number of carbonyl (C=O) groups is 2. The maximum Gasteiger partial charge on any atom is 0.488 e. The normalized spacial score (nSPS) is 34.8. The smallest absolute Gasteiger partial charge is 0.461 e. The Morgan fingerprint density at radius 2 is 1.91 bits per heavy atom. The second-order valence-electron chi connectivity index (χ2n) is 13.8. The Labute approximate surface area is 266 Å². The summed E-state index contributed by atoms with van der Waals surface area (Å²) in [4.78, 5) is 28.0. The van der Waals surface area contributed by atoms with Crippen LogP contribution in [-0.4, -0.2) is 52.0 Å². The zero-order valence-electron chi connectivity index (χ0n) is 26.3. The highest BCUT2D eigenvalue weighted by Crippen LogP contribution is 2.68. The number of thioether (sulfide) groups is 1. The predicted molar refractivity (Wildman–Crippen MR) is 175 cm³/mol. The van der Waals surface area contributed by atoms with Gasteiger partial charge in [-0.05, 0) is 72.2 Å². The zero-order valence-corrected chi connectivity index (χ0v) is 27.1. The van der Waals surface area contributed by atoms with Gasteiger partial charge < -0.3 is 25.2 Å². The molecule has 5 rings (SSSR count). The Balaban J connectivity index is 1.32. The summed E-state index contributed by atoms with van der Waals surface area (Å²) in [6.45, 7) is 13.0. The molecule has 44 heavy (non-hydrogen) atoms. The predicted octanol–water partition coefficient (Wildman–Crippen LogP) is 4.98.